The first-order valence-corrected chi connectivity index (χ1v) is 8.37. The molecule has 0 amide bonds. The van der Waals surface area contributed by atoms with Gasteiger partial charge >= 0.3 is 8.56 Å². The highest BCUT2D eigenvalue weighted by Crippen LogP contribution is 2.44. The molecule has 2 atom stereocenters. The Labute approximate surface area is 106 Å². The van der Waals surface area contributed by atoms with E-state index in [1.165, 1.54) is 0 Å². The van der Waals surface area contributed by atoms with Crippen LogP contribution in [0.4, 0.5) is 0 Å². The third-order valence-corrected chi connectivity index (χ3v) is 8.46. The molecule has 1 saturated heterocycles. The second kappa shape index (κ2) is 6.29. The molecule has 2 unspecified atom stereocenters. The SMILES string of the molecule is CCCC1(OC)C(OC)CCC[Si]1(OC)OC. The van der Waals surface area contributed by atoms with Crippen molar-refractivity contribution in [1.82, 2.24) is 0 Å². The van der Waals surface area contributed by atoms with E-state index < -0.39 is 8.56 Å². The molecule has 102 valence electrons. The summed E-state index contributed by atoms with van der Waals surface area (Å²) in [7, 11) is 4.64. The Morgan fingerprint density at radius 1 is 1.18 bits per heavy atom. The summed E-state index contributed by atoms with van der Waals surface area (Å²) in [6.07, 6.45) is 4.14. The van der Waals surface area contributed by atoms with Crippen LogP contribution in [0.3, 0.4) is 0 Å². The summed E-state index contributed by atoms with van der Waals surface area (Å²) in [6, 6.07) is 0.980. The molecule has 4 nitrogen and oxygen atoms in total. The Balaban J connectivity index is 3.14. The van der Waals surface area contributed by atoms with Crippen molar-refractivity contribution in [3.05, 3.63) is 0 Å². The second-order valence-electron chi connectivity index (χ2n) is 4.62. The van der Waals surface area contributed by atoms with Gasteiger partial charge in [0.15, 0.2) is 0 Å². The number of rotatable bonds is 6. The molecule has 1 fully saturated rings. The number of hydrogen-bond donors (Lipinski definition) is 0. The van der Waals surface area contributed by atoms with Crippen molar-refractivity contribution < 1.29 is 18.3 Å². The van der Waals surface area contributed by atoms with Crippen molar-refractivity contribution in [2.45, 2.75) is 50.0 Å². The first-order valence-electron chi connectivity index (χ1n) is 6.34. The zero-order chi connectivity index (χ0) is 12.9. The van der Waals surface area contributed by atoms with Gasteiger partial charge < -0.3 is 18.3 Å². The lowest BCUT2D eigenvalue weighted by molar-refractivity contribution is -0.110. The molecule has 0 aromatic heterocycles. The summed E-state index contributed by atoms with van der Waals surface area (Å²) in [5.74, 6) is 0. The Morgan fingerprint density at radius 2 is 1.82 bits per heavy atom. The van der Waals surface area contributed by atoms with Gasteiger partial charge in [-0.25, -0.2) is 0 Å². The first kappa shape index (κ1) is 15.1. The lowest BCUT2D eigenvalue weighted by Crippen LogP contribution is -2.70. The Morgan fingerprint density at radius 3 is 2.24 bits per heavy atom. The van der Waals surface area contributed by atoms with Crippen molar-refractivity contribution in [1.29, 1.82) is 0 Å². The van der Waals surface area contributed by atoms with Crippen LogP contribution in [-0.4, -0.2) is 48.3 Å². The maximum Gasteiger partial charge on any atom is 0.373 e. The molecule has 5 heteroatoms. The Bertz CT molecular complexity index is 233. The summed E-state index contributed by atoms with van der Waals surface area (Å²) >= 11 is 0. The van der Waals surface area contributed by atoms with Crippen LogP contribution in [0.15, 0.2) is 0 Å². The average molecular weight is 262 g/mol. The van der Waals surface area contributed by atoms with Crippen LogP contribution in [0.25, 0.3) is 0 Å². The highest BCUT2D eigenvalue weighted by atomic mass is 28.4. The van der Waals surface area contributed by atoms with Gasteiger partial charge in [0.2, 0.25) is 0 Å². The van der Waals surface area contributed by atoms with Crippen LogP contribution in [0.1, 0.15) is 32.6 Å². The van der Waals surface area contributed by atoms with Crippen LogP contribution < -0.4 is 0 Å². The van der Waals surface area contributed by atoms with Gasteiger partial charge in [0.25, 0.3) is 0 Å². The number of methoxy groups -OCH3 is 2. The molecule has 0 N–H and O–H groups in total. The largest absolute Gasteiger partial charge is 0.396 e. The van der Waals surface area contributed by atoms with E-state index >= 15 is 0 Å². The Kier molecular flexibility index (Phi) is 5.59. The van der Waals surface area contributed by atoms with Crippen molar-refractivity contribution in [3.8, 4) is 0 Å². The van der Waals surface area contributed by atoms with Crippen LogP contribution in [0, 0.1) is 0 Å². The molecular formula is C12H26O4Si. The van der Waals surface area contributed by atoms with Crippen molar-refractivity contribution >= 4 is 8.56 Å². The van der Waals surface area contributed by atoms with Crippen LogP contribution >= 0.6 is 0 Å². The molecule has 0 aliphatic carbocycles. The highest BCUT2D eigenvalue weighted by molar-refractivity contribution is 6.71. The zero-order valence-corrected chi connectivity index (χ0v) is 12.7. The van der Waals surface area contributed by atoms with E-state index in [0.717, 1.165) is 31.7 Å². The predicted octanol–water partition coefficient (Wildman–Crippen LogP) is 2.25. The summed E-state index contributed by atoms with van der Waals surface area (Å²) in [6.45, 7) is 2.16. The van der Waals surface area contributed by atoms with Crippen LogP contribution in [-0.2, 0) is 18.3 Å². The van der Waals surface area contributed by atoms with Gasteiger partial charge in [-0.2, -0.15) is 0 Å². The molecule has 0 aromatic carbocycles. The topological polar surface area (TPSA) is 36.9 Å². The third-order valence-electron chi connectivity index (χ3n) is 4.07. The number of hydrogen-bond acceptors (Lipinski definition) is 4. The maximum absolute atomic E-state index is 5.91. The van der Waals surface area contributed by atoms with Crippen molar-refractivity contribution in [2.75, 3.05) is 28.4 Å². The molecule has 0 radical (unpaired) electrons. The zero-order valence-electron chi connectivity index (χ0n) is 11.7. The van der Waals surface area contributed by atoms with Gasteiger partial charge in [-0.1, -0.05) is 13.3 Å². The van der Waals surface area contributed by atoms with E-state index in [1.807, 2.05) is 0 Å². The Hall–Kier alpha value is 0.0569. The van der Waals surface area contributed by atoms with Crippen LogP contribution in [0.5, 0.6) is 0 Å². The lowest BCUT2D eigenvalue weighted by atomic mass is 10.0. The summed E-state index contributed by atoms with van der Waals surface area (Å²) in [5.41, 5.74) is 0. The van der Waals surface area contributed by atoms with Crippen molar-refractivity contribution in [3.63, 3.8) is 0 Å². The van der Waals surface area contributed by atoms with Crippen molar-refractivity contribution in [2.24, 2.45) is 0 Å². The quantitative estimate of drug-likeness (QED) is 0.688. The molecule has 0 spiro atoms. The fourth-order valence-corrected chi connectivity index (χ4v) is 7.32. The molecule has 17 heavy (non-hydrogen) atoms. The molecule has 0 bridgehead atoms. The normalized spacial score (nSPS) is 32.6. The van der Waals surface area contributed by atoms with E-state index in [1.54, 1.807) is 28.4 Å². The molecule has 0 aromatic rings. The summed E-state index contributed by atoms with van der Waals surface area (Å²) in [4.78, 5) is 0. The monoisotopic (exact) mass is 262 g/mol. The van der Waals surface area contributed by atoms with E-state index in [4.69, 9.17) is 18.3 Å². The van der Waals surface area contributed by atoms with E-state index in [0.29, 0.717) is 0 Å². The fraction of sp³-hybridized carbons (Fsp3) is 1.00. The lowest BCUT2D eigenvalue weighted by Gasteiger charge is -2.51. The molecule has 0 saturated carbocycles. The van der Waals surface area contributed by atoms with Gasteiger partial charge in [0, 0.05) is 28.4 Å². The fourth-order valence-electron chi connectivity index (χ4n) is 3.26. The van der Waals surface area contributed by atoms with Gasteiger partial charge in [-0.3, -0.25) is 0 Å². The molecule has 1 aliphatic heterocycles. The van der Waals surface area contributed by atoms with E-state index in [9.17, 15) is 0 Å². The third kappa shape index (κ3) is 2.31. The van der Waals surface area contributed by atoms with Gasteiger partial charge in [0.1, 0.15) is 5.22 Å². The van der Waals surface area contributed by atoms with Gasteiger partial charge in [-0.15, -0.1) is 0 Å². The van der Waals surface area contributed by atoms with Gasteiger partial charge in [-0.05, 0) is 25.3 Å². The maximum atomic E-state index is 5.91. The standard InChI is InChI=1S/C12H26O4Si/c1-6-9-12(14-3)11(13-2)8-7-10-17(12,15-4)16-5/h11H,6-10H2,1-5H3. The number of ether oxygens (including phenoxy) is 2. The minimum atomic E-state index is -2.36. The molecule has 1 heterocycles. The predicted molar refractivity (Wildman–Crippen MR) is 69.3 cm³/mol. The summed E-state index contributed by atoms with van der Waals surface area (Å²) < 4.78 is 23.2. The first-order chi connectivity index (χ1) is 8.16. The average Bonchev–Trinajstić information content (AvgIpc) is 2.39. The van der Waals surface area contributed by atoms with E-state index in [2.05, 4.69) is 6.92 Å². The van der Waals surface area contributed by atoms with E-state index in [-0.39, 0.29) is 11.3 Å². The minimum absolute atomic E-state index is 0.0766. The van der Waals surface area contributed by atoms with Gasteiger partial charge in [0.05, 0.1) is 6.10 Å². The minimum Gasteiger partial charge on any atom is -0.396 e. The second-order valence-corrected chi connectivity index (χ2v) is 8.29. The highest BCUT2D eigenvalue weighted by Gasteiger charge is 2.63. The smallest absolute Gasteiger partial charge is 0.373 e. The molecule has 1 rings (SSSR count). The molecular weight excluding hydrogens is 236 g/mol. The molecule has 1 aliphatic rings. The summed E-state index contributed by atoms with van der Waals surface area (Å²) in [5, 5.41) is -0.377. The van der Waals surface area contributed by atoms with Crippen LogP contribution in [0.2, 0.25) is 6.04 Å².